The summed E-state index contributed by atoms with van der Waals surface area (Å²) in [4.78, 5) is 0. The minimum atomic E-state index is 0.388. The molecule has 0 aromatic rings. The predicted octanol–water partition coefficient (Wildman–Crippen LogP) is 6.42. The first kappa shape index (κ1) is 18.5. The average molecular weight is 392 g/mol. The van der Waals surface area contributed by atoms with E-state index in [4.69, 9.17) is 4.74 Å². The van der Waals surface area contributed by atoms with Crippen LogP contribution in [0.4, 0.5) is 0 Å². The van der Waals surface area contributed by atoms with Gasteiger partial charge in [-0.2, -0.15) is 0 Å². The Morgan fingerprint density at radius 2 is 1.90 bits per heavy atom. The largest absolute Gasteiger partial charge is 0.374 e. The van der Waals surface area contributed by atoms with E-state index in [2.05, 4.69) is 43.5 Å². The molecule has 0 radical (unpaired) electrons. The summed E-state index contributed by atoms with van der Waals surface area (Å²) in [5, 5.41) is 3.98. The number of rotatable bonds is 2. The highest BCUT2D eigenvalue weighted by molar-refractivity contribution is 5.37. The molecule has 1 heterocycles. The highest BCUT2D eigenvalue weighted by Crippen LogP contribution is 2.59. The Morgan fingerprint density at radius 1 is 1.03 bits per heavy atom. The van der Waals surface area contributed by atoms with Crippen LogP contribution in [0.2, 0.25) is 0 Å². The smallest absolute Gasteiger partial charge is 0.0671 e. The molecule has 0 aromatic carbocycles. The second-order valence-electron chi connectivity index (χ2n) is 11.0. The maximum atomic E-state index is 6.50. The monoisotopic (exact) mass is 391 g/mol. The van der Waals surface area contributed by atoms with Crippen LogP contribution < -0.4 is 5.32 Å². The van der Waals surface area contributed by atoms with Crippen LogP contribution in [-0.4, -0.2) is 12.2 Å². The third-order valence-corrected chi connectivity index (χ3v) is 9.26. The van der Waals surface area contributed by atoms with Gasteiger partial charge in [0.25, 0.3) is 0 Å². The average Bonchev–Trinajstić information content (AvgIpc) is 3.23. The quantitative estimate of drug-likeness (QED) is 0.548. The van der Waals surface area contributed by atoms with Crippen LogP contribution in [-0.2, 0) is 4.74 Å². The Labute approximate surface area is 176 Å². The summed E-state index contributed by atoms with van der Waals surface area (Å²) in [6.07, 6.45) is 23.6. The third-order valence-electron chi connectivity index (χ3n) is 9.26. The molecular weight excluding hydrogens is 354 g/mol. The van der Waals surface area contributed by atoms with Crippen molar-refractivity contribution in [3.8, 4) is 0 Å². The van der Waals surface area contributed by atoms with Crippen LogP contribution in [0.15, 0.2) is 46.8 Å². The van der Waals surface area contributed by atoms with Crippen LogP contribution in [0.3, 0.4) is 0 Å². The van der Waals surface area contributed by atoms with Gasteiger partial charge in [-0.05, 0) is 81.5 Å². The SMILES string of the molecule is CC1(C)C2=C(CCCC2)C2CC=C(NC3=CCCC4OC5CCC=CC5C34)CC21. The van der Waals surface area contributed by atoms with Crippen LogP contribution in [0.1, 0.15) is 78.1 Å². The normalized spacial score (nSPS) is 42.4. The van der Waals surface area contributed by atoms with E-state index in [0.717, 1.165) is 18.3 Å². The summed E-state index contributed by atoms with van der Waals surface area (Å²) < 4.78 is 6.50. The fraction of sp³-hybridized carbons (Fsp3) is 0.704. The van der Waals surface area contributed by atoms with Gasteiger partial charge in [0.1, 0.15) is 0 Å². The van der Waals surface area contributed by atoms with Crippen molar-refractivity contribution in [2.24, 2.45) is 29.1 Å². The molecule has 0 saturated carbocycles. The van der Waals surface area contributed by atoms with Crippen molar-refractivity contribution in [3.05, 3.63) is 46.8 Å². The van der Waals surface area contributed by atoms with Gasteiger partial charge in [-0.1, -0.05) is 49.3 Å². The van der Waals surface area contributed by atoms with Crippen molar-refractivity contribution in [1.82, 2.24) is 5.32 Å². The van der Waals surface area contributed by atoms with E-state index in [1.165, 1.54) is 69.2 Å². The molecule has 156 valence electrons. The zero-order valence-corrected chi connectivity index (χ0v) is 18.3. The van der Waals surface area contributed by atoms with Crippen molar-refractivity contribution < 1.29 is 4.74 Å². The highest BCUT2D eigenvalue weighted by Gasteiger charge is 2.50. The lowest BCUT2D eigenvalue weighted by molar-refractivity contribution is 0.0224. The molecule has 5 aliphatic carbocycles. The fourth-order valence-electron chi connectivity index (χ4n) is 7.85. The molecule has 29 heavy (non-hydrogen) atoms. The summed E-state index contributed by atoms with van der Waals surface area (Å²) in [5.41, 5.74) is 7.05. The number of allylic oxidation sites excluding steroid dienone is 6. The minimum Gasteiger partial charge on any atom is -0.374 e. The molecule has 6 atom stereocenters. The molecule has 0 aromatic heterocycles. The molecule has 2 nitrogen and oxygen atoms in total. The molecule has 0 amide bonds. The van der Waals surface area contributed by atoms with Gasteiger partial charge in [-0.25, -0.2) is 0 Å². The molecule has 6 rings (SSSR count). The maximum Gasteiger partial charge on any atom is 0.0671 e. The first-order chi connectivity index (χ1) is 14.1. The molecule has 1 aliphatic heterocycles. The van der Waals surface area contributed by atoms with Gasteiger partial charge in [0.05, 0.1) is 12.2 Å². The highest BCUT2D eigenvalue weighted by atomic mass is 16.5. The van der Waals surface area contributed by atoms with Crippen LogP contribution in [0.25, 0.3) is 0 Å². The van der Waals surface area contributed by atoms with Crippen LogP contribution in [0, 0.1) is 29.1 Å². The Hall–Kier alpha value is -1.28. The van der Waals surface area contributed by atoms with E-state index in [1.54, 1.807) is 0 Å². The third kappa shape index (κ3) is 2.85. The molecule has 0 spiro atoms. The second-order valence-corrected chi connectivity index (χ2v) is 11.0. The van der Waals surface area contributed by atoms with Crippen LogP contribution in [0.5, 0.6) is 0 Å². The summed E-state index contributed by atoms with van der Waals surface area (Å²) in [6.45, 7) is 5.08. The Bertz CT molecular complexity index is 812. The van der Waals surface area contributed by atoms with E-state index in [0.29, 0.717) is 29.5 Å². The van der Waals surface area contributed by atoms with Gasteiger partial charge in [0.2, 0.25) is 0 Å². The van der Waals surface area contributed by atoms with Gasteiger partial charge in [-0.15, -0.1) is 0 Å². The zero-order chi connectivity index (χ0) is 19.6. The van der Waals surface area contributed by atoms with Gasteiger partial charge in [0.15, 0.2) is 0 Å². The fourth-order valence-corrected chi connectivity index (χ4v) is 7.85. The molecule has 0 bridgehead atoms. The topological polar surface area (TPSA) is 21.3 Å². The van der Waals surface area contributed by atoms with Crippen molar-refractivity contribution >= 4 is 0 Å². The lowest BCUT2D eigenvalue weighted by Gasteiger charge is -2.38. The first-order valence-electron chi connectivity index (χ1n) is 12.3. The standard InChI is InChI=1S/C27H37NO/c1-27(2)21-10-5-3-8-18(21)19-15-14-17(16-22(19)27)28-23-11-7-13-25-26(23)20-9-4-6-12-24(20)29-25/h4,9,11,14,19-20,22,24-26,28H,3,5-8,10,12-13,15-16H2,1-2H3. The summed E-state index contributed by atoms with van der Waals surface area (Å²) in [6, 6.07) is 0. The lowest BCUT2D eigenvalue weighted by atomic mass is 9.69. The van der Waals surface area contributed by atoms with Crippen molar-refractivity contribution in [3.63, 3.8) is 0 Å². The molecule has 1 fully saturated rings. The van der Waals surface area contributed by atoms with E-state index >= 15 is 0 Å². The number of fused-ring (bicyclic) bond motifs is 5. The molecular formula is C27H37NO. The minimum absolute atomic E-state index is 0.388. The second kappa shape index (κ2) is 6.87. The van der Waals surface area contributed by atoms with E-state index in [-0.39, 0.29) is 0 Å². The van der Waals surface area contributed by atoms with Crippen molar-refractivity contribution in [2.75, 3.05) is 0 Å². The Morgan fingerprint density at radius 3 is 2.83 bits per heavy atom. The summed E-state index contributed by atoms with van der Waals surface area (Å²) in [5.74, 6) is 2.74. The number of nitrogens with one attached hydrogen (secondary N) is 1. The Kier molecular flexibility index (Phi) is 4.38. The first-order valence-corrected chi connectivity index (χ1v) is 12.3. The van der Waals surface area contributed by atoms with E-state index < -0.39 is 0 Å². The Balaban J connectivity index is 1.22. The summed E-state index contributed by atoms with van der Waals surface area (Å²) >= 11 is 0. The molecule has 6 unspecified atom stereocenters. The van der Waals surface area contributed by atoms with Gasteiger partial charge in [0, 0.05) is 23.2 Å². The zero-order valence-electron chi connectivity index (χ0n) is 18.3. The van der Waals surface area contributed by atoms with Gasteiger partial charge in [-0.3, -0.25) is 0 Å². The van der Waals surface area contributed by atoms with Gasteiger partial charge < -0.3 is 10.1 Å². The molecule has 2 heteroatoms. The van der Waals surface area contributed by atoms with Crippen LogP contribution >= 0.6 is 0 Å². The van der Waals surface area contributed by atoms with Crippen molar-refractivity contribution in [2.45, 2.75) is 90.3 Å². The molecule has 6 aliphatic rings. The van der Waals surface area contributed by atoms with Crippen molar-refractivity contribution in [1.29, 1.82) is 0 Å². The van der Waals surface area contributed by atoms with E-state index in [1.807, 2.05) is 11.1 Å². The lowest BCUT2D eigenvalue weighted by Crippen LogP contribution is -2.35. The number of ether oxygens (including phenoxy) is 1. The maximum absolute atomic E-state index is 6.50. The van der Waals surface area contributed by atoms with E-state index in [9.17, 15) is 0 Å². The predicted molar refractivity (Wildman–Crippen MR) is 118 cm³/mol. The van der Waals surface area contributed by atoms with Gasteiger partial charge >= 0.3 is 0 Å². The molecule has 1 N–H and O–H groups in total. The number of hydrogen-bond acceptors (Lipinski definition) is 2. The number of hydrogen-bond donors (Lipinski definition) is 1. The molecule has 1 saturated heterocycles. The summed E-state index contributed by atoms with van der Waals surface area (Å²) in [7, 11) is 0.